The molecule has 0 aliphatic heterocycles. The van der Waals surface area contributed by atoms with E-state index < -0.39 is 5.97 Å². The van der Waals surface area contributed by atoms with Crippen molar-refractivity contribution in [2.45, 2.75) is 39.4 Å². The lowest BCUT2D eigenvalue weighted by atomic mass is 10.1. The van der Waals surface area contributed by atoms with Crippen LogP contribution in [0.4, 0.5) is 0 Å². The number of oxazole rings is 1. The molecule has 0 fully saturated rings. The van der Waals surface area contributed by atoms with Crippen LogP contribution >= 0.6 is 11.6 Å². The van der Waals surface area contributed by atoms with Gasteiger partial charge in [-0.3, -0.25) is 4.90 Å². The van der Waals surface area contributed by atoms with Crippen molar-refractivity contribution in [3.63, 3.8) is 0 Å². The number of aromatic nitrogens is 1. The Kier molecular flexibility index (Phi) is 5.57. The van der Waals surface area contributed by atoms with E-state index in [0.29, 0.717) is 23.5 Å². The summed E-state index contributed by atoms with van der Waals surface area (Å²) in [7, 11) is 0. The Hall–Kier alpha value is -1.85. The van der Waals surface area contributed by atoms with Gasteiger partial charge in [-0.15, -0.1) is 0 Å². The predicted octanol–water partition coefficient (Wildman–Crippen LogP) is 3.83. The molecule has 1 atom stereocenters. The van der Waals surface area contributed by atoms with Gasteiger partial charge in [-0.1, -0.05) is 30.7 Å². The maximum absolute atomic E-state index is 10.9. The number of carboxylic acids is 1. The Labute approximate surface area is 134 Å². The quantitative estimate of drug-likeness (QED) is 0.839. The first-order valence-electron chi connectivity index (χ1n) is 7.15. The third kappa shape index (κ3) is 4.32. The van der Waals surface area contributed by atoms with Crippen molar-refractivity contribution >= 4 is 17.6 Å². The molecule has 0 bridgehead atoms. The third-order valence-corrected chi connectivity index (χ3v) is 3.87. The normalized spacial score (nSPS) is 12.5. The molecule has 1 aromatic heterocycles. The van der Waals surface area contributed by atoms with Gasteiger partial charge < -0.3 is 9.52 Å². The number of nitrogens with zero attached hydrogens (tertiary/aromatic N) is 2. The van der Waals surface area contributed by atoms with Crippen LogP contribution in [-0.4, -0.2) is 27.0 Å². The van der Waals surface area contributed by atoms with Crippen LogP contribution in [0.1, 0.15) is 42.2 Å². The van der Waals surface area contributed by atoms with Crippen LogP contribution in [-0.2, 0) is 13.1 Å². The summed E-state index contributed by atoms with van der Waals surface area (Å²) in [6.45, 7) is 5.41. The summed E-state index contributed by atoms with van der Waals surface area (Å²) in [6.07, 6.45) is 2.15. The molecule has 118 valence electrons. The maximum atomic E-state index is 10.9. The smallest absolute Gasteiger partial charge is 0.357 e. The fourth-order valence-electron chi connectivity index (χ4n) is 2.11. The highest BCUT2D eigenvalue weighted by Gasteiger charge is 2.18. The second-order valence-electron chi connectivity index (χ2n) is 5.22. The molecule has 0 saturated carbocycles. The molecule has 1 aromatic carbocycles. The van der Waals surface area contributed by atoms with E-state index in [9.17, 15) is 4.79 Å². The van der Waals surface area contributed by atoms with Gasteiger partial charge in [-0.05, 0) is 31.0 Å². The molecule has 5 nitrogen and oxygen atoms in total. The van der Waals surface area contributed by atoms with E-state index in [2.05, 4.69) is 23.7 Å². The van der Waals surface area contributed by atoms with Gasteiger partial charge in [0.1, 0.15) is 6.26 Å². The van der Waals surface area contributed by atoms with E-state index in [1.54, 1.807) is 0 Å². The first-order valence-corrected chi connectivity index (χ1v) is 7.53. The fraction of sp³-hybridized carbons (Fsp3) is 0.375. The molecule has 1 N–H and O–H groups in total. The lowest BCUT2D eigenvalue weighted by Crippen LogP contribution is -2.31. The summed E-state index contributed by atoms with van der Waals surface area (Å²) >= 11 is 5.91. The van der Waals surface area contributed by atoms with Crippen LogP contribution in [0.3, 0.4) is 0 Å². The summed E-state index contributed by atoms with van der Waals surface area (Å²) in [6, 6.07) is 8.00. The van der Waals surface area contributed by atoms with Crippen molar-refractivity contribution in [2.24, 2.45) is 0 Å². The first-order chi connectivity index (χ1) is 10.5. The van der Waals surface area contributed by atoms with Crippen molar-refractivity contribution in [1.82, 2.24) is 9.88 Å². The summed E-state index contributed by atoms with van der Waals surface area (Å²) < 4.78 is 5.25. The molecular formula is C16H19ClN2O3. The number of hydrogen-bond donors (Lipinski definition) is 1. The summed E-state index contributed by atoms with van der Waals surface area (Å²) in [4.78, 5) is 17.1. The Morgan fingerprint density at radius 1 is 1.36 bits per heavy atom. The summed E-state index contributed by atoms with van der Waals surface area (Å²) in [5.74, 6) is -0.672. The van der Waals surface area contributed by atoms with Gasteiger partial charge in [-0.2, -0.15) is 0 Å². The molecule has 0 radical (unpaired) electrons. The highest BCUT2D eigenvalue weighted by molar-refractivity contribution is 6.30. The summed E-state index contributed by atoms with van der Waals surface area (Å²) in [5, 5.41) is 9.61. The third-order valence-electron chi connectivity index (χ3n) is 3.62. The Bertz CT molecular complexity index is 625. The second kappa shape index (κ2) is 7.42. The minimum absolute atomic E-state index is 0.0643. The van der Waals surface area contributed by atoms with Crippen LogP contribution in [0.25, 0.3) is 0 Å². The number of halogens is 1. The van der Waals surface area contributed by atoms with Crippen LogP contribution in [0.2, 0.25) is 5.02 Å². The zero-order chi connectivity index (χ0) is 16.1. The standard InChI is InChI=1S/C16H19ClN2O3/c1-3-11(2)19(8-12-4-6-13(17)7-5-12)9-15-18-14(10-22-15)16(20)21/h4-7,10-11H,3,8-9H2,1-2H3,(H,20,21). The van der Waals surface area contributed by atoms with Gasteiger partial charge in [0, 0.05) is 17.6 Å². The second-order valence-corrected chi connectivity index (χ2v) is 5.66. The highest BCUT2D eigenvalue weighted by atomic mass is 35.5. The average molecular weight is 323 g/mol. The number of benzene rings is 1. The molecule has 1 unspecified atom stereocenters. The largest absolute Gasteiger partial charge is 0.476 e. The monoisotopic (exact) mass is 322 g/mol. The lowest BCUT2D eigenvalue weighted by molar-refractivity contribution is 0.0690. The van der Waals surface area contributed by atoms with E-state index >= 15 is 0 Å². The van der Waals surface area contributed by atoms with Crippen LogP contribution in [0.15, 0.2) is 34.9 Å². The van der Waals surface area contributed by atoms with E-state index in [-0.39, 0.29) is 5.69 Å². The zero-order valence-electron chi connectivity index (χ0n) is 12.6. The molecular weight excluding hydrogens is 304 g/mol. The minimum Gasteiger partial charge on any atom is -0.476 e. The average Bonchev–Trinajstić information content (AvgIpc) is 2.97. The van der Waals surface area contributed by atoms with E-state index in [0.717, 1.165) is 18.5 Å². The van der Waals surface area contributed by atoms with E-state index in [1.807, 2.05) is 24.3 Å². The van der Waals surface area contributed by atoms with Crippen molar-refractivity contribution in [3.05, 3.63) is 52.7 Å². The molecule has 1 heterocycles. The zero-order valence-corrected chi connectivity index (χ0v) is 13.4. The maximum Gasteiger partial charge on any atom is 0.357 e. The molecule has 6 heteroatoms. The van der Waals surface area contributed by atoms with Gasteiger partial charge in [-0.25, -0.2) is 9.78 Å². The number of hydrogen-bond acceptors (Lipinski definition) is 4. The Morgan fingerprint density at radius 3 is 2.59 bits per heavy atom. The number of aromatic carboxylic acids is 1. The van der Waals surface area contributed by atoms with Gasteiger partial charge in [0.15, 0.2) is 5.69 Å². The van der Waals surface area contributed by atoms with E-state index in [1.165, 1.54) is 6.26 Å². The van der Waals surface area contributed by atoms with Crippen molar-refractivity contribution in [1.29, 1.82) is 0 Å². The molecule has 0 aliphatic rings. The Morgan fingerprint density at radius 2 is 2.05 bits per heavy atom. The van der Waals surface area contributed by atoms with Crippen molar-refractivity contribution < 1.29 is 14.3 Å². The van der Waals surface area contributed by atoms with E-state index in [4.69, 9.17) is 21.1 Å². The van der Waals surface area contributed by atoms with Gasteiger partial charge in [0.25, 0.3) is 0 Å². The topological polar surface area (TPSA) is 66.6 Å². The minimum atomic E-state index is -1.08. The van der Waals surface area contributed by atoms with Crippen molar-refractivity contribution in [3.8, 4) is 0 Å². The van der Waals surface area contributed by atoms with Gasteiger partial charge in [0.05, 0.1) is 6.54 Å². The molecule has 2 aromatic rings. The molecule has 0 aliphatic carbocycles. The van der Waals surface area contributed by atoms with Crippen LogP contribution in [0.5, 0.6) is 0 Å². The number of carbonyl (C=O) groups is 1. The molecule has 0 saturated heterocycles. The van der Waals surface area contributed by atoms with Gasteiger partial charge >= 0.3 is 5.97 Å². The fourth-order valence-corrected chi connectivity index (χ4v) is 2.23. The summed E-state index contributed by atoms with van der Waals surface area (Å²) in [5.41, 5.74) is 1.07. The van der Waals surface area contributed by atoms with Crippen molar-refractivity contribution in [2.75, 3.05) is 0 Å². The molecule has 2 rings (SSSR count). The SMILES string of the molecule is CCC(C)N(Cc1ccc(Cl)cc1)Cc1nc(C(=O)O)co1. The van der Waals surface area contributed by atoms with Crippen LogP contribution < -0.4 is 0 Å². The predicted molar refractivity (Wildman–Crippen MR) is 83.9 cm³/mol. The number of carboxylic acid groups (broad SMARTS) is 1. The van der Waals surface area contributed by atoms with Crippen LogP contribution in [0, 0.1) is 0 Å². The lowest BCUT2D eigenvalue weighted by Gasteiger charge is -2.27. The molecule has 0 spiro atoms. The molecule has 22 heavy (non-hydrogen) atoms. The Balaban J connectivity index is 2.11. The first kappa shape index (κ1) is 16.5. The molecule has 0 amide bonds. The highest BCUT2D eigenvalue weighted by Crippen LogP contribution is 2.17. The van der Waals surface area contributed by atoms with Gasteiger partial charge in [0.2, 0.25) is 5.89 Å². The number of rotatable bonds is 7.